The summed E-state index contributed by atoms with van der Waals surface area (Å²) in [6, 6.07) is 3.14. The van der Waals surface area contributed by atoms with Gasteiger partial charge in [0.2, 0.25) is 0 Å². The minimum atomic E-state index is -0.136. The van der Waals surface area contributed by atoms with Crippen LogP contribution in [0.25, 0.3) is 0 Å². The molecule has 2 rings (SSSR count). The van der Waals surface area contributed by atoms with Gasteiger partial charge in [-0.1, -0.05) is 11.8 Å². The Bertz CT molecular complexity index is 657. The van der Waals surface area contributed by atoms with Gasteiger partial charge < -0.3 is 16.0 Å². The number of aryl methyl sites for hydroxylation is 1. The number of hydrogen-bond acceptors (Lipinski definition) is 7. The van der Waals surface area contributed by atoms with Crippen LogP contribution in [0.15, 0.2) is 22.1 Å². The fraction of sp³-hybridized carbons (Fsp3) is 0.333. The molecule has 0 spiro atoms. The minimum Gasteiger partial charge on any atom is -0.383 e. The smallest absolute Gasteiger partial charge is 0.251 e. The number of anilines is 2. The van der Waals surface area contributed by atoms with E-state index in [0.29, 0.717) is 41.3 Å². The molecule has 7 nitrogen and oxygen atoms in total. The Morgan fingerprint density at radius 2 is 2.15 bits per heavy atom. The van der Waals surface area contributed by atoms with E-state index in [2.05, 4.69) is 25.3 Å². The zero-order chi connectivity index (χ0) is 14.5. The topological polar surface area (TPSA) is 110 Å². The van der Waals surface area contributed by atoms with Gasteiger partial charge in [-0.25, -0.2) is 15.0 Å². The van der Waals surface area contributed by atoms with Crippen molar-refractivity contribution < 1.29 is 0 Å². The van der Waals surface area contributed by atoms with Gasteiger partial charge in [0, 0.05) is 30.8 Å². The van der Waals surface area contributed by atoms with Crippen LogP contribution in [0.2, 0.25) is 0 Å². The maximum atomic E-state index is 11.3. The van der Waals surface area contributed by atoms with Crippen molar-refractivity contribution in [2.24, 2.45) is 0 Å². The molecule has 0 aliphatic heterocycles. The molecule has 0 radical (unpaired) electrons. The highest BCUT2D eigenvalue weighted by Gasteiger charge is 2.02. The summed E-state index contributed by atoms with van der Waals surface area (Å²) in [5, 5.41) is 3.76. The summed E-state index contributed by atoms with van der Waals surface area (Å²) in [4.78, 5) is 26.6. The first-order valence-corrected chi connectivity index (χ1v) is 7.28. The van der Waals surface area contributed by atoms with Gasteiger partial charge in [-0.05, 0) is 13.2 Å². The zero-order valence-corrected chi connectivity index (χ0v) is 12.1. The third-order valence-electron chi connectivity index (χ3n) is 2.49. The summed E-state index contributed by atoms with van der Waals surface area (Å²) in [7, 11) is 0. The molecule has 0 fully saturated rings. The Morgan fingerprint density at radius 1 is 1.35 bits per heavy atom. The van der Waals surface area contributed by atoms with Crippen molar-refractivity contribution in [2.45, 2.75) is 18.5 Å². The van der Waals surface area contributed by atoms with E-state index in [0.717, 1.165) is 0 Å². The van der Waals surface area contributed by atoms with Crippen molar-refractivity contribution in [2.75, 3.05) is 23.9 Å². The summed E-state index contributed by atoms with van der Waals surface area (Å²) in [6.07, 6.45) is 2.48. The zero-order valence-electron chi connectivity index (χ0n) is 11.3. The van der Waals surface area contributed by atoms with Crippen LogP contribution in [-0.4, -0.2) is 32.7 Å². The Hall–Kier alpha value is -2.09. The highest BCUT2D eigenvalue weighted by atomic mass is 32.2. The van der Waals surface area contributed by atoms with Crippen LogP contribution in [0, 0.1) is 6.92 Å². The third kappa shape index (κ3) is 3.95. The van der Waals surface area contributed by atoms with Gasteiger partial charge in [0.1, 0.15) is 17.5 Å². The fourth-order valence-corrected chi connectivity index (χ4v) is 2.08. The number of hydrogen-bond donors (Lipinski definition) is 3. The number of nitrogens with one attached hydrogen (secondary N) is 2. The van der Waals surface area contributed by atoms with Crippen molar-refractivity contribution in [3.8, 4) is 0 Å². The van der Waals surface area contributed by atoms with Crippen LogP contribution >= 0.6 is 11.8 Å². The van der Waals surface area contributed by atoms with Crippen LogP contribution in [0.4, 0.5) is 11.6 Å². The van der Waals surface area contributed by atoms with Crippen molar-refractivity contribution in [3.63, 3.8) is 0 Å². The van der Waals surface area contributed by atoms with Crippen LogP contribution in [-0.2, 0) is 6.42 Å². The second kappa shape index (κ2) is 6.38. The van der Waals surface area contributed by atoms with Gasteiger partial charge in [-0.15, -0.1) is 0 Å². The average Bonchev–Trinajstić information content (AvgIpc) is 2.37. The summed E-state index contributed by atoms with van der Waals surface area (Å²) >= 11 is 1.43. The molecular weight excluding hydrogens is 276 g/mol. The van der Waals surface area contributed by atoms with E-state index >= 15 is 0 Å². The molecule has 8 heteroatoms. The highest BCUT2D eigenvalue weighted by molar-refractivity contribution is 7.98. The molecule has 0 aliphatic carbocycles. The molecule has 2 heterocycles. The molecule has 0 amide bonds. The lowest BCUT2D eigenvalue weighted by Crippen LogP contribution is -2.15. The van der Waals surface area contributed by atoms with E-state index in [1.54, 1.807) is 13.0 Å². The van der Waals surface area contributed by atoms with Crippen LogP contribution < -0.4 is 16.6 Å². The molecule has 0 bridgehead atoms. The standard InChI is InChI=1S/C12H16N6OS/c1-7-5-11(19)17-9(15-7)3-4-14-10-6-8(13)16-12(18-10)20-2/h5-6H,3-4H2,1-2H3,(H,15,17,19)(H3,13,14,16,18). The normalized spacial score (nSPS) is 10.5. The maximum absolute atomic E-state index is 11.3. The fourth-order valence-electron chi connectivity index (χ4n) is 1.69. The van der Waals surface area contributed by atoms with E-state index in [1.165, 1.54) is 17.8 Å². The molecule has 4 N–H and O–H groups in total. The molecule has 0 saturated carbocycles. The number of aromatic amines is 1. The average molecular weight is 292 g/mol. The number of H-pyrrole nitrogens is 1. The Kier molecular flexibility index (Phi) is 4.57. The molecule has 0 aromatic carbocycles. The summed E-state index contributed by atoms with van der Waals surface area (Å²) < 4.78 is 0. The monoisotopic (exact) mass is 292 g/mol. The highest BCUT2D eigenvalue weighted by Crippen LogP contribution is 2.14. The number of aromatic nitrogens is 4. The lowest BCUT2D eigenvalue weighted by molar-refractivity contribution is 0.857. The first-order chi connectivity index (χ1) is 9.56. The molecule has 2 aromatic rings. The van der Waals surface area contributed by atoms with Gasteiger partial charge >= 0.3 is 0 Å². The number of nitrogen functional groups attached to an aromatic ring is 1. The quantitative estimate of drug-likeness (QED) is 0.553. The Morgan fingerprint density at radius 3 is 2.85 bits per heavy atom. The lowest BCUT2D eigenvalue weighted by Gasteiger charge is -2.07. The molecular formula is C12H16N6OS. The number of nitrogens with two attached hydrogens (primary N) is 1. The number of nitrogens with zero attached hydrogens (tertiary/aromatic N) is 3. The first-order valence-electron chi connectivity index (χ1n) is 6.06. The van der Waals surface area contributed by atoms with Crippen molar-refractivity contribution >= 4 is 23.4 Å². The SMILES string of the molecule is CSc1nc(N)cc(NCCc2nc(C)cc(=O)[nH]2)n1. The Labute approximate surface area is 120 Å². The molecule has 0 aliphatic rings. The van der Waals surface area contributed by atoms with Crippen LogP contribution in [0.5, 0.6) is 0 Å². The van der Waals surface area contributed by atoms with Gasteiger partial charge in [0.25, 0.3) is 5.56 Å². The third-order valence-corrected chi connectivity index (χ3v) is 3.04. The maximum Gasteiger partial charge on any atom is 0.251 e. The molecule has 0 unspecified atom stereocenters. The van der Waals surface area contributed by atoms with Crippen molar-refractivity contribution in [1.82, 2.24) is 19.9 Å². The minimum absolute atomic E-state index is 0.136. The van der Waals surface area contributed by atoms with E-state index in [4.69, 9.17) is 5.73 Å². The second-order valence-electron chi connectivity index (χ2n) is 4.17. The van der Waals surface area contributed by atoms with Crippen LogP contribution in [0.1, 0.15) is 11.5 Å². The van der Waals surface area contributed by atoms with E-state index in [1.807, 2.05) is 6.26 Å². The van der Waals surface area contributed by atoms with Crippen molar-refractivity contribution in [3.05, 3.63) is 34.0 Å². The van der Waals surface area contributed by atoms with Crippen molar-refractivity contribution in [1.29, 1.82) is 0 Å². The van der Waals surface area contributed by atoms with Gasteiger partial charge in [0.15, 0.2) is 5.16 Å². The van der Waals surface area contributed by atoms with E-state index < -0.39 is 0 Å². The molecule has 2 aromatic heterocycles. The summed E-state index contributed by atoms with van der Waals surface area (Å²) in [5.41, 5.74) is 6.27. The number of rotatable bonds is 5. The predicted molar refractivity (Wildman–Crippen MR) is 80.0 cm³/mol. The summed E-state index contributed by atoms with van der Waals surface area (Å²) in [6.45, 7) is 2.39. The largest absolute Gasteiger partial charge is 0.383 e. The lowest BCUT2D eigenvalue weighted by atomic mass is 10.3. The Balaban J connectivity index is 1.99. The molecule has 20 heavy (non-hydrogen) atoms. The summed E-state index contributed by atoms with van der Waals surface area (Å²) in [5.74, 6) is 1.74. The van der Waals surface area contributed by atoms with E-state index in [-0.39, 0.29) is 5.56 Å². The molecule has 106 valence electrons. The van der Waals surface area contributed by atoms with E-state index in [9.17, 15) is 4.79 Å². The second-order valence-corrected chi connectivity index (χ2v) is 4.95. The molecule has 0 atom stereocenters. The first kappa shape index (κ1) is 14.3. The van der Waals surface area contributed by atoms with Gasteiger partial charge in [-0.3, -0.25) is 4.79 Å². The number of thioether (sulfide) groups is 1. The van der Waals surface area contributed by atoms with Crippen LogP contribution in [0.3, 0.4) is 0 Å². The molecule has 0 saturated heterocycles. The predicted octanol–water partition coefficient (Wildman–Crippen LogP) is 0.827. The van der Waals surface area contributed by atoms with Gasteiger partial charge in [0.05, 0.1) is 0 Å². The van der Waals surface area contributed by atoms with Gasteiger partial charge in [-0.2, -0.15) is 0 Å².